The predicted molar refractivity (Wildman–Crippen MR) is 76.8 cm³/mol. The number of ether oxygens (including phenoxy) is 2. The van der Waals surface area contributed by atoms with Crippen molar-refractivity contribution in [2.24, 2.45) is 0 Å². The second-order valence-corrected chi connectivity index (χ2v) is 6.38. The van der Waals surface area contributed by atoms with E-state index in [0.29, 0.717) is 17.9 Å². The molecule has 1 aromatic rings. The van der Waals surface area contributed by atoms with E-state index in [-0.39, 0.29) is 6.61 Å². The summed E-state index contributed by atoms with van der Waals surface area (Å²) in [5.74, 6) is 1.27. The van der Waals surface area contributed by atoms with Gasteiger partial charge in [-0.1, -0.05) is 0 Å². The topological polar surface area (TPSA) is 61.8 Å². The molecule has 0 bridgehead atoms. The van der Waals surface area contributed by atoms with Crippen LogP contribution in [0.2, 0.25) is 0 Å². The van der Waals surface area contributed by atoms with Crippen LogP contribution in [0.5, 0.6) is 11.5 Å². The Morgan fingerprint density at radius 2 is 1.72 bits per heavy atom. The van der Waals surface area contributed by atoms with Gasteiger partial charge in [0.15, 0.2) is 11.5 Å². The van der Waals surface area contributed by atoms with Crippen LogP contribution < -0.4 is 9.47 Å². The third kappa shape index (κ3) is 4.62. The Morgan fingerprint density at radius 3 is 2.22 bits per heavy atom. The van der Waals surface area contributed by atoms with Crippen LogP contribution in [0.1, 0.15) is 5.56 Å². The molecule has 0 spiro atoms. The van der Waals surface area contributed by atoms with E-state index < -0.39 is 10.1 Å². The van der Waals surface area contributed by atoms with E-state index in [9.17, 15) is 8.42 Å². The summed E-state index contributed by atoms with van der Waals surface area (Å²) in [6.45, 7) is 0.115. The molecule has 0 fully saturated rings. The highest BCUT2D eigenvalue weighted by molar-refractivity contribution is 14.1. The Bertz CT molecular complexity index is 512. The maximum absolute atomic E-state index is 10.9. The third-order valence-corrected chi connectivity index (χ3v) is 3.82. The molecule has 5 nitrogen and oxygen atoms in total. The molecule has 0 N–H and O–H groups in total. The molecule has 7 heteroatoms. The van der Waals surface area contributed by atoms with E-state index in [4.69, 9.17) is 13.7 Å². The number of hydrogen-bond donors (Lipinski definition) is 0. The van der Waals surface area contributed by atoms with Crippen LogP contribution in [0.3, 0.4) is 0 Å². The van der Waals surface area contributed by atoms with Gasteiger partial charge in [-0.05, 0) is 46.7 Å². The minimum Gasteiger partial charge on any atom is -0.493 e. The summed E-state index contributed by atoms with van der Waals surface area (Å²) in [6, 6.07) is 3.67. The molecular formula is C11H15IO5S. The zero-order valence-corrected chi connectivity index (χ0v) is 13.4. The number of methoxy groups -OCH3 is 2. The Balaban J connectivity index is 2.83. The first kappa shape index (κ1) is 15.5. The zero-order valence-electron chi connectivity index (χ0n) is 10.4. The van der Waals surface area contributed by atoms with Crippen LogP contribution in [0.4, 0.5) is 0 Å². The van der Waals surface area contributed by atoms with Gasteiger partial charge < -0.3 is 9.47 Å². The van der Waals surface area contributed by atoms with Gasteiger partial charge in [0.1, 0.15) is 0 Å². The Kier molecular flexibility index (Phi) is 5.67. The lowest BCUT2D eigenvalue weighted by molar-refractivity contribution is 0.324. The normalized spacial score (nSPS) is 11.3. The maximum atomic E-state index is 10.9. The van der Waals surface area contributed by atoms with Crippen molar-refractivity contribution in [3.8, 4) is 11.5 Å². The molecule has 0 atom stereocenters. The summed E-state index contributed by atoms with van der Waals surface area (Å²) in [4.78, 5) is 0. The number of hydrogen-bond acceptors (Lipinski definition) is 5. The lowest BCUT2D eigenvalue weighted by Gasteiger charge is -2.11. The average molecular weight is 386 g/mol. The molecule has 1 aromatic carbocycles. The molecule has 0 unspecified atom stereocenters. The molecule has 0 saturated carbocycles. The summed E-state index contributed by atoms with van der Waals surface area (Å²) in [6.07, 6.45) is 1.53. The summed E-state index contributed by atoms with van der Waals surface area (Å²) < 4.78 is 37.8. The van der Waals surface area contributed by atoms with Crippen molar-refractivity contribution in [2.75, 3.05) is 27.1 Å². The summed E-state index contributed by atoms with van der Waals surface area (Å²) >= 11 is 2.16. The molecule has 1 rings (SSSR count). The lowest BCUT2D eigenvalue weighted by atomic mass is 10.1. The fraction of sp³-hybridized carbons (Fsp3) is 0.455. The van der Waals surface area contributed by atoms with Crippen molar-refractivity contribution in [3.63, 3.8) is 0 Å². The second kappa shape index (κ2) is 6.58. The first-order valence-electron chi connectivity index (χ1n) is 5.12. The molecule has 0 saturated heterocycles. The Morgan fingerprint density at radius 1 is 1.17 bits per heavy atom. The minimum atomic E-state index is -3.39. The van der Waals surface area contributed by atoms with Gasteiger partial charge in [-0.2, -0.15) is 8.42 Å². The highest BCUT2D eigenvalue weighted by Crippen LogP contribution is 2.31. The largest absolute Gasteiger partial charge is 0.493 e. The molecule has 0 radical (unpaired) electrons. The van der Waals surface area contributed by atoms with Gasteiger partial charge in [0.2, 0.25) is 0 Å². The van der Waals surface area contributed by atoms with Crippen LogP contribution >= 0.6 is 22.6 Å². The number of halogens is 1. The van der Waals surface area contributed by atoms with E-state index in [1.54, 1.807) is 14.2 Å². The molecule has 0 aliphatic rings. The van der Waals surface area contributed by atoms with Crippen LogP contribution in [0.15, 0.2) is 12.1 Å². The molecule has 0 amide bonds. The SMILES string of the molecule is COc1cc(I)c(CCOS(C)(=O)=O)cc1OC. The maximum Gasteiger partial charge on any atom is 0.264 e. The highest BCUT2D eigenvalue weighted by atomic mass is 127. The molecule has 0 aliphatic carbocycles. The molecule has 0 aliphatic heterocycles. The molecule has 102 valence electrons. The molecule has 0 heterocycles. The van der Waals surface area contributed by atoms with E-state index in [0.717, 1.165) is 15.4 Å². The van der Waals surface area contributed by atoms with Crippen molar-refractivity contribution >= 4 is 32.7 Å². The quantitative estimate of drug-likeness (QED) is 0.552. The van der Waals surface area contributed by atoms with E-state index in [1.165, 1.54) is 0 Å². The van der Waals surface area contributed by atoms with E-state index in [2.05, 4.69) is 22.6 Å². The van der Waals surface area contributed by atoms with Crippen LogP contribution in [0, 0.1) is 3.57 Å². The zero-order chi connectivity index (χ0) is 13.8. The first-order chi connectivity index (χ1) is 8.37. The fourth-order valence-electron chi connectivity index (χ4n) is 1.39. The predicted octanol–water partition coefficient (Wildman–Crippen LogP) is 1.83. The average Bonchev–Trinajstić information content (AvgIpc) is 2.29. The summed E-state index contributed by atoms with van der Waals surface area (Å²) in [5.41, 5.74) is 0.955. The minimum absolute atomic E-state index is 0.115. The van der Waals surface area contributed by atoms with E-state index in [1.807, 2.05) is 12.1 Å². The van der Waals surface area contributed by atoms with E-state index >= 15 is 0 Å². The van der Waals surface area contributed by atoms with Crippen LogP contribution in [0.25, 0.3) is 0 Å². The standard InChI is InChI=1S/C11H15IO5S/c1-15-10-6-8(4-5-17-18(3,13)14)9(12)7-11(10)16-2/h6-7H,4-5H2,1-3H3. The molecule has 0 aromatic heterocycles. The first-order valence-corrected chi connectivity index (χ1v) is 8.01. The highest BCUT2D eigenvalue weighted by Gasteiger charge is 2.10. The Labute approximate surface area is 121 Å². The summed E-state index contributed by atoms with van der Waals surface area (Å²) in [7, 11) is -0.267. The molecular weight excluding hydrogens is 371 g/mol. The smallest absolute Gasteiger partial charge is 0.264 e. The van der Waals surface area contributed by atoms with Gasteiger partial charge in [0.25, 0.3) is 10.1 Å². The third-order valence-electron chi connectivity index (χ3n) is 2.22. The van der Waals surface area contributed by atoms with Gasteiger partial charge in [0, 0.05) is 3.57 Å². The lowest BCUT2D eigenvalue weighted by Crippen LogP contribution is -2.07. The van der Waals surface area contributed by atoms with Crippen LogP contribution in [-0.4, -0.2) is 35.5 Å². The van der Waals surface area contributed by atoms with Crippen molar-refractivity contribution < 1.29 is 22.1 Å². The van der Waals surface area contributed by atoms with Gasteiger partial charge in [-0.25, -0.2) is 0 Å². The summed E-state index contributed by atoms with van der Waals surface area (Å²) in [5, 5.41) is 0. The van der Waals surface area contributed by atoms with Gasteiger partial charge in [-0.3, -0.25) is 4.18 Å². The van der Waals surface area contributed by atoms with Crippen molar-refractivity contribution in [1.29, 1.82) is 0 Å². The van der Waals surface area contributed by atoms with Crippen molar-refractivity contribution in [1.82, 2.24) is 0 Å². The number of benzene rings is 1. The molecule has 18 heavy (non-hydrogen) atoms. The van der Waals surface area contributed by atoms with Crippen molar-refractivity contribution in [2.45, 2.75) is 6.42 Å². The monoisotopic (exact) mass is 386 g/mol. The van der Waals surface area contributed by atoms with Gasteiger partial charge in [0.05, 0.1) is 27.1 Å². The van der Waals surface area contributed by atoms with Crippen molar-refractivity contribution in [3.05, 3.63) is 21.3 Å². The van der Waals surface area contributed by atoms with Gasteiger partial charge >= 0.3 is 0 Å². The fourth-order valence-corrected chi connectivity index (χ4v) is 2.49. The number of rotatable bonds is 6. The van der Waals surface area contributed by atoms with Gasteiger partial charge in [-0.15, -0.1) is 0 Å². The second-order valence-electron chi connectivity index (χ2n) is 3.57. The van der Waals surface area contributed by atoms with Crippen LogP contribution in [-0.2, 0) is 20.7 Å². The Hall–Kier alpha value is -0.540.